The van der Waals surface area contributed by atoms with Gasteiger partial charge in [-0.1, -0.05) is 11.6 Å². The van der Waals surface area contributed by atoms with Crippen LogP contribution in [0.4, 0.5) is 0 Å². The summed E-state index contributed by atoms with van der Waals surface area (Å²) in [5, 5.41) is 13.1. The van der Waals surface area contributed by atoms with Crippen LogP contribution in [-0.2, 0) is 0 Å². The molecule has 2 rings (SSSR count). The number of amides is 1. The molecule has 1 heterocycles. The minimum Gasteiger partial charge on any atom is -0.496 e. The van der Waals surface area contributed by atoms with Gasteiger partial charge in [0, 0.05) is 24.2 Å². The third-order valence-electron chi connectivity index (χ3n) is 3.65. The van der Waals surface area contributed by atoms with Crippen LogP contribution in [0.3, 0.4) is 0 Å². The van der Waals surface area contributed by atoms with Crippen LogP contribution >= 0.6 is 11.6 Å². The molecule has 1 amide bonds. The molecule has 1 unspecified atom stereocenters. The molecule has 0 saturated carbocycles. The Kier molecular flexibility index (Phi) is 5.85. The molecule has 1 aromatic rings. The summed E-state index contributed by atoms with van der Waals surface area (Å²) in [5.74, 6) is 0.323. The molecule has 0 bridgehead atoms. The average Bonchev–Trinajstić information content (AvgIpc) is 2.99. The van der Waals surface area contributed by atoms with Gasteiger partial charge in [0.05, 0.1) is 19.3 Å². The van der Waals surface area contributed by atoms with Crippen molar-refractivity contribution in [3.8, 4) is 5.75 Å². The normalized spacial score (nSPS) is 17.8. The van der Waals surface area contributed by atoms with Crippen LogP contribution in [0.2, 0.25) is 5.02 Å². The summed E-state index contributed by atoms with van der Waals surface area (Å²) in [7, 11) is 1.52. The first-order chi connectivity index (χ1) is 10.2. The zero-order valence-electron chi connectivity index (χ0n) is 12.1. The highest BCUT2D eigenvalue weighted by Crippen LogP contribution is 2.24. The number of hydrogen-bond donors (Lipinski definition) is 2. The van der Waals surface area contributed by atoms with Crippen LogP contribution in [0.15, 0.2) is 18.2 Å². The van der Waals surface area contributed by atoms with Crippen molar-refractivity contribution in [2.75, 3.05) is 33.4 Å². The van der Waals surface area contributed by atoms with Crippen LogP contribution in [-0.4, -0.2) is 55.3 Å². The van der Waals surface area contributed by atoms with Crippen LogP contribution in [0.1, 0.15) is 23.2 Å². The van der Waals surface area contributed by atoms with Crippen molar-refractivity contribution in [3.63, 3.8) is 0 Å². The van der Waals surface area contributed by atoms with E-state index >= 15 is 0 Å². The van der Waals surface area contributed by atoms with E-state index in [9.17, 15) is 9.90 Å². The maximum Gasteiger partial charge on any atom is 0.257 e. The third kappa shape index (κ3) is 4.09. The van der Waals surface area contributed by atoms with Crippen molar-refractivity contribution < 1.29 is 14.6 Å². The molecular formula is C15H21ClN2O3. The number of benzene rings is 1. The first kappa shape index (κ1) is 16.1. The first-order valence-corrected chi connectivity index (χ1v) is 7.50. The largest absolute Gasteiger partial charge is 0.496 e. The van der Waals surface area contributed by atoms with Gasteiger partial charge in [-0.05, 0) is 37.6 Å². The van der Waals surface area contributed by atoms with Gasteiger partial charge in [-0.2, -0.15) is 0 Å². The highest BCUT2D eigenvalue weighted by atomic mass is 35.5. The molecule has 0 aromatic heterocycles. The molecule has 1 aromatic carbocycles. The lowest BCUT2D eigenvalue weighted by Gasteiger charge is -2.26. The molecule has 1 atom stereocenters. The summed E-state index contributed by atoms with van der Waals surface area (Å²) in [4.78, 5) is 14.4. The summed E-state index contributed by atoms with van der Waals surface area (Å²) >= 11 is 5.98. The Hall–Kier alpha value is -1.30. The molecule has 1 aliphatic rings. The van der Waals surface area contributed by atoms with Crippen molar-refractivity contribution in [1.82, 2.24) is 10.2 Å². The van der Waals surface area contributed by atoms with Crippen LogP contribution in [0.25, 0.3) is 0 Å². The quantitative estimate of drug-likeness (QED) is 0.836. The fraction of sp³-hybridized carbons (Fsp3) is 0.533. The lowest BCUT2D eigenvalue weighted by molar-refractivity contribution is 0.0703. The number of carbonyl (C=O) groups excluding carboxylic acids is 1. The van der Waals surface area contributed by atoms with E-state index in [-0.39, 0.29) is 18.6 Å². The Morgan fingerprint density at radius 1 is 1.57 bits per heavy atom. The molecule has 5 nitrogen and oxygen atoms in total. The summed E-state index contributed by atoms with van der Waals surface area (Å²) < 4.78 is 5.24. The lowest BCUT2D eigenvalue weighted by atomic mass is 10.1. The molecule has 1 fully saturated rings. The van der Waals surface area contributed by atoms with E-state index in [0.29, 0.717) is 29.4 Å². The topological polar surface area (TPSA) is 61.8 Å². The molecule has 116 valence electrons. The predicted molar refractivity (Wildman–Crippen MR) is 82.0 cm³/mol. The van der Waals surface area contributed by atoms with Crippen LogP contribution < -0.4 is 10.1 Å². The van der Waals surface area contributed by atoms with Gasteiger partial charge in [-0.15, -0.1) is 0 Å². The maximum atomic E-state index is 12.7. The molecule has 0 spiro atoms. The zero-order chi connectivity index (χ0) is 15.2. The van der Waals surface area contributed by atoms with Gasteiger partial charge < -0.3 is 20.1 Å². The lowest BCUT2D eigenvalue weighted by Crippen LogP contribution is -2.42. The molecule has 1 saturated heterocycles. The Morgan fingerprint density at radius 2 is 2.38 bits per heavy atom. The number of halogens is 1. The molecule has 6 heteroatoms. The second kappa shape index (κ2) is 7.64. The van der Waals surface area contributed by atoms with E-state index < -0.39 is 0 Å². The number of rotatable bonds is 6. The number of aliphatic hydroxyl groups is 1. The molecular weight excluding hydrogens is 292 g/mol. The monoisotopic (exact) mass is 312 g/mol. The number of nitrogens with one attached hydrogen (secondary N) is 1. The number of carbonyl (C=O) groups is 1. The fourth-order valence-corrected chi connectivity index (χ4v) is 2.76. The Labute approximate surface area is 129 Å². The summed E-state index contributed by atoms with van der Waals surface area (Å²) in [5.41, 5.74) is 0.427. The van der Waals surface area contributed by atoms with Crippen LogP contribution in [0, 0.1) is 0 Å². The van der Waals surface area contributed by atoms with E-state index in [4.69, 9.17) is 16.3 Å². The average molecular weight is 313 g/mol. The van der Waals surface area contributed by atoms with Gasteiger partial charge in [0.25, 0.3) is 5.91 Å². The molecule has 21 heavy (non-hydrogen) atoms. The Morgan fingerprint density at radius 3 is 3.00 bits per heavy atom. The predicted octanol–water partition coefficient (Wildman–Crippen LogP) is 1.54. The second-order valence-electron chi connectivity index (χ2n) is 5.11. The van der Waals surface area contributed by atoms with E-state index in [1.807, 2.05) is 0 Å². The first-order valence-electron chi connectivity index (χ1n) is 7.12. The van der Waals surface area contributed by atoms with Gasteiger partial charge in [-0.3, -0.25) is 4.79 Å². The summed E-state index contributed by atoms with van der Waals surface area (Å²) in [6.45, 7) is 1.79. The van der Waals surface area contributed by atoms with Crippen molar-refractivity contribution in [1.29, 1.82) is 0 Å². The van der Waals surface area contributed by atoms with Crippen LogP contribution in [0.5, 0.6) is 5.75 Å². The maximum absolute atomic E-state index is 12.7. The van der Waals surface area contributed by atoms with E-state index in [1.165, 1.54) is 7.11 Å². The SMILES string of the molecule is COc1ccc(Cl)cc1C(=O)N(CCO)CC1CCCN1. The Bertz CT molecular complexity index is 490. The third-order valence-corrected chi connectivity index (χ3v) is 3.89. The van der Waals surface area contributed by atoms with Crippen molar-refractivity contribution in [2.24, 2.45) is 0 Å². The van der Waals surface area contributed by atoms with Crippen molar-refractivity contribution >= 4 is 17.5 Å². The molecule has 1 aliphatic heterocycles. The van der Waals surface area contributed by atoms with E-state index in [2.05, 4.69) is 5.32 Å². The summed E-state index contributed by atoms with van der Waals surface area (Å²) in [6, 6.07) is 5.26. The Balaban J connectivity index is 2.18. The number of ether oxygens (including phenoxy) is 1. The second-order valence-corrected chi connectivity index (χ2v) is 5.55. The zero-order valence-corrected chi connectivity index (χ0v) is 12.9. The van der Waals surface area contributed by atoms with E-state index in [0.717, 1.165) is 19.4 Å². The number of aliphatic hydroxyl groups excluding tert-OH is 1. The number of nitrogens with zero attached hydrogens (tertiary/aromatic N) is 1. The molecule has 0 aliphatic carbocycles. The minimum absolute atomic E-state index is 0.0681. The van der Waals surface area contributed by atoms with Gasteiger partial charge in [-0.25, -0.2) is 0 Å². The van der Waals surface area contributed by atoms with Gasteiger partial charge in [0.2, 0.25) is 0 Å². The van der Waals surface area contributed by atoms with E-state index in [1.54, 1.807) is 23.1 Å². The summed E-state index contributed by atoms with van der Waals surface area (Å²) in [6.07, 6.45) is 2.16. The highest BCUT2D eigenvalue weighted by Gasteiger charge is 2.24. The fourth-order valence-electron chi connectivity index (χ4n) is 2.59. The smallest absolute Gasteiger partial charge is 0.257 e. The van der Waals surface area contributed by atoms with Gasteiger partial charge >= 0.3 is 0 Å². The number of hydrogen-bond acceptors (Lipinski definition) is 4. The number of methoxy groups -OCH3 is 1. The van der Waals surface area contributed by atoms with Gasteiger partial charge in [0.1, 0.15) is 5.75 Å². The van der Waals surface area contributed by atoms with Crippen molar-refractivity contribution in [2.45, 2.75) is 18.9 Å². The van der Waals surface area contributed by atoms with Crippen molar-refractivity contribution in [3.05, 3.63) is 28.8 Å². The van der Waals surface area contributed by atoms with Gasteiger partial charge in [0.15, 0.2) is 0 Å². The minimum atomic E-state index is -0.169. The molecule has 2 N–H and O–H groups in total. The molecule has 0 radical (unpaired) electrons. The highest BCUT2D eigenvalue weighted by molar-refractivity contribution is 6.31. The standard InChI is InChI=1S/C15H21ClN2O3/c1-21-14-5-4-11(16)9-13(14)15(20)18(7-8-19)10-12-3-2-6-17-12/h4-5,9,12,17,19H,2-3,6-8,10H2,1H3.